The van der Waals surface area contributed by atoms with E-state index in [9.17, 15) is 4.79 Å². The van der Waals surface area contributed by atoms with Gasteiger partial charge in [0, 0.05) is 6.54 Å². The number of amidine groups is 1. The fourth-order valence-corrected chi connectivity index (χ4v) is 2.22. The summed E-state index contributed by atoms with van der Waals surface area (Å²) in [5.74, 6) is -0.193. The number of nitrogens with one attached hydrogen (secondary N) is 1. The molecule has 5 nitrogen and oxygen atoms in total. The summed E-state index contributed by atoms with van der Waals surface area (Å²) in [7, 11) is 0. The Kier molecular flexibility index (Phi) is 10.7. The average Bonchev–Trinajstić information content (AvgIpc) is 2.51. The largest absolute Gasteiger partial charge is 0.409 e. The highest BCUT2D eigenvalue weighted by atomic mass is 16.4. The van der Waals surface area contributed by atoms with Crippen molar-refractivity contribution in [3.8, 4) is 0 Å². The quantitative estimate of drug-likeness (QED) is 0.170. The van der Waals surface area contributed by atoms with E-state index in [0.717, 1.165) is 12.8 Å². The zero-order valence-electron chi connectivity index (χ0n) is 14.0. The number of rotatable bonds is 12. The molecule has 5 heteroatoms. The van der Waals surface area contributed by atoms with Crippen molar-refractivity contribution in [3.63, 3.8) is 0 Å². The number of amides is 1. The molecule has 0 aromatic carbocycles. The third-order valence-corrected chi connectivity index (χ3v) is 4.20. The van der Waals surface area contributed by atoms with Crippen molar-refractivity contribution < 1.29 is 10.0 Å². The molecule has 0 aliphatic carbocycles. The van der Waals surface area contributed by atoms with Gasteiger partial charge in [-0.1, -0.05) is 63.9 Å². The van der Waals surface area contributed by atoms with Crippen molar-refractivity contribution in [1.29, 1.82) is 0 Å². The van der Waals surface area contributed by atoms with E-state index in [4.69, 9.17) is 10.9 Å². The van der Waals surface area contributed by atoms with Crippen LogP contribution < -0.4 is 11.1 Å². The van der Waals surface area contributed by atoms with E-state index in [-0.39, 0.29) is 11.7 Å². The van der Waals surface area contributed by atoms with Gasteiger partial charge in [-0.3, -0.25) is 4.79 Å². The highest BCUT2D eigenvalue weighted by molar-refractivity contribution is 6.06. The van der Waals surface area contributed by atoms with Crippen LogP contribution in [-0.4, -0.2) is 23.5 Å². The summed E-state index contributed by atoms with van der Waals surface area (Å²) in [6.07, 6.45) is 10.4. The molecule has 0 aromatic heterocycles. The summed E-state index contributed by atoms with van der Waals surface area (Å²) in [6, 6.07) is 0. The minimum Gasteiger partial charge on any atom is -0.409 e. The molecular formula is C16H33N3O2. The van der Waals surface area contributed by atoms with Gasteiger partial charge in [0.05, 0.1) is 0 Å². The summed E-state index contributed by atoms with van der Waals surface area (Å²) < 4.78 is 0. The van der Waals surface area contributed by atoms with Crippen LogP contribution in [0.4, 0.5) is 0 Å². The van der Waals surface area contributed by atoms with E-state index in [2.05, 4.69) is 17.4 Å². The normalized spacial score (nSPS) is 14.7. The molecular weight excluding hydrogens is 266 g/mol. The van der Waals surface area contributed by atoms with Crippen LogP contribution in [0.5, 0.6) is 0 Å². The molecule has 0 spiro atoms. The second kappa shape index (κ2) is 11.4. The number of hydrogen-bond donors (Lipinski definition) is 3. The van der Waals surface area contributed by atoms with Crippen molar-refractivity contribution in [2.24, 2.45) is 16.3 Å². The van der Waals surface area contributed by atoms with E-state index in [1.54, 1.807) is 6.92 Å². The van der Waals surface area contributed by atoms with Gasteiger partial charge in [0.25, 0.3) is 0 Å². The molecule has 4 N–H and O–H groups in total. The summed E-state index contributed by atoms with van der Waals surface area (Å²) in [5.41, 5.74) is 4.69. The number of oxime groups is 1. The van der Waals surface area contributed by atoms with E-state index < -0.39 is 5.41 Å². The smallest absolute Gasteiger partial charge is 0.233 e. The first-order chi connectivity index (χ1) is 10.0. The first kappa shape index (κ1) is 19.7. The van der Waals surface area contributed by atoms with Gasteiger partial charge in [0.1, 0.15) is 5.41 Å². The molecule has 1 amide bonds. The van der Waals surface area contributed by atoms with Crippen LogP contribution in [0.25, 0.3) is 0 Å². The first-order valence-electron chi connectivity index (χ1n) is 8.29. The summed E-state index contributed by atoms with van der Waals surface area (Å²) >= 11 is 0. The molecule has 0 saturated heterocycles. The molecule has 0 radical (unpaired) electrons. The molecule has 0 aliphatic rings. The lowest BCUT2D eigenvalue weighted by Gasteiger charge is -2.25. The number of carbonyl (C=O) groups is 1. The maximum absolute atomic E-state index is 12.1. The van der Waals surface area contributed by atoms with Gasteiger partial charge in [-0.25, -0.2) is 0 Å². The van der Waals surface area contributed by atoms with Crippen molar-refractivity contribution >= 4 is 11.7 Å². The molecule has 0 aliphatic heterocycles. The number of unbranched alkanes of at least 4 members (excludes halogenated alkanes) is 7. The SMILES string of the molecule is CCCCCCCCCCNC(=O)C(C)(CC)C(N)=NO. The molecule has 0 rings (SSSR count). The summed E-state index contributed by atoms with van der Waals surface area (Å²) in [6.45, 7) is 6.43. The van der Waals surface area contributed by atoms with Crippen LogP contribution >= 0.6 is 0 Å². The van der Waals surface area contributed by atoms with E-state index in [0.29, 0.717) is 13.0 Å². The van der Waals surface area contributed by atoms with Crippen LogP contribution in [0, 0.1) is 5.41 Å². The molecule has 1 atom stereocenters. The van der Waals surface area contributed by atoms with Gasteiger partial charge < -0.3 is 16.3 Å². The Balaban J connectivity index is 3.79. The Bertz CT molecular complexity index is 319. The van der Waals surface area contributed by atoms with Crippen molar-refractivity contribution in [3.05, 3.63) is 0 Å². The standard InChI is InChI=1S/C16H33N3O2/c1-4-6-7-8-9-10-11-12-13-18-15(20)16(3,5-2)14(17)19-21/h21H,4-13H2,1-3H3,(H2,17,19)(H,18,20). The van der Waals surface area contributed by atoms with E-state index in [1.165, 1.54) is 38.5 Å². The van der Waals surface area contributed by atoms with Gasteiger partial charge in [-0.05, 0) is 19.8 Å². The lowest BCUT2D eigenvalue weighted by atomic mass is 9.85. The third kappa shape index (κ3) is 7.34. The third-order valence-electron chi connectivity index (χ3n) is 4.20. The van der Waals surface area contributed by atoms with Gasteiger partial charge in [-0.2, -0.15) is 0 Å². The fourth-order valence-electron chi connectivity index (χ4n) is 2.22. The average molecular weight is 299 g/mol. The topological polar surface area (TPSA) is 87.7 Å². The lowest BCUT2D eigenvalue weighted by molar-refractivity contribution is -0.127. The predicted octanol–water partition coefficient (Wildman–Crippen LogP) is 3.41. The lowest BCUT2D eigenvalue weighted by Crippen LogP contribution is -2.47. The maximum Gasteiger partial charge on any atom is 0.233 e. The van der Waals surface area contributed by atoms with E-state index >= 15 is 0 Å². The van der Waals surface area contributed by atoms with Crippen molar-refractivity contribution in [1.82, 2.24) is 5.32 Å². The zero-order chi connectivity index (χ0) is 16.1. The Morgan fingerprint density at radius 1 is 1.10 bits per heavy atom. The summed E-state index contributed by atoms with van der Waals surface area (Å²) in [4.78, 5) is 12.1. The van der Waals surface area contributed by atoms with Crippen molar-refractivity contribution in [2.45, 2.75) is 78.6 Å². The Morgan fingerprint density at radius 3 is 2.10 bits per heavy atom. The highest BCUT2D eigenvalue weighted by Crippen LogP contribution is 2.21. The Hall–Kier alpha value is -1.26. The van der Waals surface area contributed by atoms with Gasteiger partial charge >= 0.3 is 0 Å². The van der Waals surface area contributed by atoms with Crippen LogP contribution in [-0.2, 0) is 4.79 Å². The van der Waals surface area contributed by atoms with Gasteiger partial charge in [0.15, 0.2) is 5.84 Å². The van der Waals surface area contributed by atoms with Crippen LogP contribution in [0.3, 0.4) is 0 Å². The van der Waals surface area contributed by atoms with Crippen LogP contribution in [0.15, 0.2) is 5.16 Å². The minimum atomic E-state index is -0.922. The minimum absolute atomic E-state index is 0.0292. The zero-order valence-corrected chi connectivity index (χ0v) is 14.0. The monoisotopic (exact) mass is 299 g/mol. The van der Waals surface area contributed by atoms with Crippen molar-refractivity contribution in [2.75, 3.05) is 6.54 Å². The molecule has 0 saturated carbocycles. The fraction of sp³-hybridized carbons (Fsp3) is 0.875. The van der Waals surface area contributed by atoms with Gasteiger partial charge in [-0.15, -0.1) is 0 Å². The first-order valence-corrected chi connectivity index (χ1v) is 8.29. The maximum atomic E-state index is 12.1. The molecule has 1 unspecified atom stereocenters. The molecule has 0 heterocycles. The second-order valence-corrected chi connectivity index (χ2v) is 5.90. The number of hydrogen-bond acceptors (Lipinski definition) is 3. The molecule has 21 heavy (non-hydrogen) atoms. The predicted molar refractivity (Wildman–Crippen MR) is 87.4 cm³/mol. The van der Waals surface area contributed by atoms with E-state index in [1.807, 2.05) is 6.92 Å². The molecule has 124 valence electrons. The number of carbonyl (C=O) groups excluding carboxylic acids is 1. The second-order valence-electron chi connectivity index (χ2n) is 5.90. The van der Waals surface area contributed by atoms with Gasteiger partial charge in [0.2, 0.25) is 5.91 Å². The molecule has 0 bridgehead atoms. The van der Waals surface area contributed by atoms with Crippen LogP contribution in [0.2, 0.25) is 0 Å². The Labute approximate surface area is 129 Å². The van der Waals surface area contributed by atoms with Crippen LogP contribution in [0.1, 0.15) is 78.6 Å². The highest BCUT2D eigenvalue weighted by Gasteiger charge is 2.35. The molecule has 0 fully saturated rings. The Morgan fingerprint density at radius 2 is 1.62 bits per heavy atom. The number of nitrogens with zero attached hydrogens (tertiary/aromatic N) is 1. The number of nitrogens with two attached hydrogens (primary N) is 1. The molecule has 0 aromatic rings. The summed E-state index contributed by atoms with van der Waals surface area (Å²) in [5, 5.41) is 14.6.